The van der Waals surface area contributed by atoms with E-state index in [1.54, 1.807) is 14.2 Å². The van der Waals surface area contributed by atoms with Gasteiger partial charge in [-0.3, -0.25) is 0 Å². The molecule has 1 aromatic carbocycles. The lowest BCUT2D eigenvalue weighted by Gasteiger charge is -2.09. The van der Waals surface area contributed by atoms with Crippen molar-refractivity contribution in [3.8, 4) is 11.5 Å². The second-order valence-electron chi connectivity index (χ2n) is 3.04. The Bertz CT molecular complexity index is 287. The Morgan fingerprint density at radius 3 is 2.33 bits per heavy atom. The molecule has 0 radical (unpaired) electrons. The van der Waals surface area contributed by atoms with Gasteiger partial charge in [0.15, 0.2) is 11.5 Å². The van der Waals surface area contributed by atoms with E-state index in [9.17, 15) is 0 Å². The summed E-state index contributed by atoms with van der Waals surface area (Å²) in [6.07, 6.45) is 0.997. The second kappa shape index (κ2) is 7.12. The maximum atomic E-state index is 5.21. The van der Waals surface area contributed by atoms with Gasteiger partial charge in [-0.2, -0.15) is 0 Å². The fourth-order valence-corrected chi connectivity index (χ4v) is 1.31. The molecular formula is C12H21NO2. The molecule has 3 nitrogen and oxygen atoms in total. The molecule has 0 saturated heterocycles. The van der Waals surface area contributed by atoms with Crippen LogP contribution in [0.25, 0.3) is 0 Å². The van der Waals surface area contributed by atoms with Crippen LogP contribution in [-0.4, -0.2) is 27.8 Å². The Labute approximate surface area is 92.4 Å². The second-order valence-corrected chi connectivity index (χ2v) is 3.04. The molecule has 1 rings (SSSR count). The van der Waals surface area contributed by atoms with E-state index < -0.39 is 0 Å². The molecule has 0 aromatic heterocycles. The average Bonchev–Trinajstić information content (AvgIpc) is 2.25. The molecule has 0 heterocycles. The lowest BCUT2D eigenvalue weighted by molar-refractivity contribution is 0.354. The van der Waals surface area contributed by atoms with Crippen LogP contribution in [0.15, 0.2) is 18.2 Å². The first-order valence-corrected chi connectivity index (χ1v) is 4.67. The molecule has 0 amide bonds. The van der Waals surface area contributed by atoms with Crippen molar-refractivity contribution in [1.29, 1.82) is 0 Å². The number of hydrogen-bond donors (Lipinski definition) is 1. The van der Waals surface area contributed by atoms with E-state index >= 15 is 0 Å². The van der Waals surface area contributed by atoms with Crippen molar-refractivity contribution in [3.63, 3.8) is 0 Å². The van der Waals surface area contributed by atoms with Crippen molar-refractivity contribution in [2.45, 2.75) is 13.8 Å². The van der Waals surface area contributed by atoms with Gasteiger partial charge < -0.3 is 14.8 Å². The highest BCUT2D eigenvalue weighted by Gasteiger charge is 2.03. The fourth-order valence-electron chi connectivity index (χ4n) is 1.31. The minimum atomic E-state index is 0. The molecule has 86 valence electrons. The smallest absolute Gasteiger partial charge is 0.160 e. The minimum absolute atomic E-state index is 0. The number of hydrogen-bond acceptors (Lipinski definition) is 3. The van der Waals surface area contributed by atoms with Gasteiger partial charge in [-0.05, 0) is 37.7 Å². The Balaban J connectivity index is 0.00000196. The van der Waals surface area contributed by atoms with Crippen LogP contribution < -0.4 is 14.8 Å². The number of methoxy groups -OCH3 is 2. The van der Waals surface area contributed by atoms with Crippen molar-refractivity contribution in [3.05, 3.63) is 23.8 Å². The molecule has 0 aliphatic heterocycles. The predicted molar refractivity (Wildman–Crippen MR) is 63.9 cm³/mol. The van der Waals surface area contributed by atoms with Crippen molar-refractivity contribution < 1.29 is 9.47 Å². The van der Waals surface area contributed by atoms with Crippen LogP contribution in [0.5, 0.6) is 11.5 Å². The Kier molecular flexibility index (Phi) is 6.54. The third-order valence-electron chi connectivity index (χ3n) is 2.11. The van der Waals surface area contributed by atoms with E-state index in [4.69, 9.17) is 9.47 Å². The van der Waals surface area contributed by atoms with E-state index in [2.05, 4.69) is 11.4 Å². The van der Waals surface area contributed by atoms with E-state index in [1.807, 2.05) is 19.2 Å². The number of ether oxygens (including phenoxy) is 2. The van der Waals surface area contributed by atoms with Gasteiger partial charge >= 0.3 is 0 Å². The maximum absolute atomic E-state index is 5.21. The van der Waals surface area contributed by atoms with Gasteiger partial charge in [-0.15, -0.1) is 0 Å². The van der Waals surface area contributed by atoms with Gasteiger partial charge in [-0.25, -0.2) is 0 Å². The largest absolute Gasteiger partial charge is 0.493 e. The van der Waals surface area contributed by atoms with Crippen LogP contribution in [0, 0.1) is 0 Å². The summed E-state index contributed by atoms with van der Waals surface area (Å²) >= 11 is 0. The number of rotatable bonds is 5. The fraction of sp³-hybridized carbons (Fsp3) is 0.500. The normalized spacial score (nSPS) is 9.27. The quantitative estimate of drug-likeness (QED) is 0.809. The minimum Gasteiger partial charge on any atom is -0.493 e. The Morgan fingerprint density at radius 2 is 1.80 bits per heavy atom. The summed E-state index contributed by atoms with van der Waals surface area (Å²) in [6.45, 7) is 0.968. The molecule has 0 aliphatic carbocycles. The predicted octanol–water partition coefficient (Wildman–Crippen LogP) is 2.10. The van der Waals surface area contributed by atoms with Crippen molar-refractivity contribution in [2.75, 3.05) is 27.8 Å². The zero-order chi connectivity index (χ0) is 10.4. The summed E-state index contributed by atoms with van der Waals surface area (Å²) in [5, 5.41) is 3.11. The molecule has 0 unspecified atom stereocenters. The van der Waals surface area contributed by atoms with Crippen LogP contribution in [0.1, 0.15) is 13.0 Å². The highest BCUT2D eigenvalue weighted by molar-refractivity contribution is 5.42. The monoisotopic (exact) mass is 211 g/mol. The van der Waals surface area contributed by atoms with Gasteiger partial charge in [-0.1, -0.05) is 13.5 Å². The van der Waals surface area contributed by atoms with Crippen molar-refractivity contribution in [2.24, 2.45) is 0 Å². The van der Waals surface area contributed by atoms with Gasteiger partial charge in [0.05, 0.1) is 14.2 Å². The van der Waals surface area contributed by atoms with Crippen molar-refractivity contribution in [1.82, 2.24) is 5.32 Å². The van der Waals surface area contributed by atoms with Crippen LogP contribution in [0.3, 0.4) is 0 Å². The highest BCUT2D eigenvalue weighted by atomic mass is 16.5. The number of likely N-dealkylation sites (N-methyl/N-ethyl adjacent to an activating group) is 1. The molecular weight excluding hydrogens is 190 g/mol. The lowest BCUT2D eigenvalue weighted by Crippen LogP contribution is -2.10. The summed E-state index contributed by atoms with van der Waals surface area (Å²) in [5.41, 5.74) is 1.25. The van der Waals surface area contributed by atoms with Crippen molar-refractivity contribution >= 4 is 0 Å². The third-order valence-corrected chi connectivity index (χ3v) is 2.11. The summed E-state index contributed by atoms with van der Waals surface area (Å²) in [6, 6.07) is 6.00. The maximum Gasteiger partial charge on any atom is 0.160 e. The Morgan fingerprint density at radius 1 is 1.13 bits per heavy atom. The first kappa shape index (κ1) is 13.8. The molecule has 1 aromatic rings. The summed E-state index contributed by atoms with van der Waals surface area (Å²) in [4.78, 5) is 0. The summed E-state index contributed by atoms with van der Waals surface area (Å²) in [5.74, 6) is 1.57. The van der Waals surface area contributed by atoms with E-state index in [0.29, 0.717) is 0 Å². The molecule has 0 saturated carbocycles. The topological polar surface area (TPSA) is 30.5 Å². The van der Waals surface area contributed by atoms with Crippen LogP contribution in [0.2, 0.25) is 0 Å². The van der Waals surface area contributed by atoms with Gasteiger partial charge in [0, 0.05) is 0 Å². The zero-order valence-electron chi connectivity index (χ0n) is 8.96. The van der Waals surface area contributed by atoms with Crippen LogP contribution in [-0.2, 0) is 6.42 Å². The zero-order valence-corrected chi connectivity index (χ0v) is 8.96. The molecule has 0 spiro atoms. The third kappa shape index (κ3) is 3.80. The van der Waals surface area contributed by atoms with Crippen LogP contribution >= 0.6 is 0 Å². The number of benzene rings is 1. The molecule has 0 atom stereocenters. The van der Waals surface area contributed by atoms with E-state index in [-0.39, 0.29) is 7.43 Å². The SMILES string of the molecule is C.CNCCc1ccc(OC)c(OC)c1. The molecule has 0 aliphatic rings. The standard InChI is InChI=1S/C11H17NO2.CH4/c1-12-7-6-9-4-5-10(13-2)11(8-9)14-3;/h4-5,8,12H,6-7H2,1-3H3;1H4. The number of nitrogens with one attached hydrogen (secondary N) is 1. The first-order chi connectivity index (χ1) is 6.81. The average molecular weight is 211 g/mol. The summed E-state index contributed by atoms with van der Waals surface area (Å²) < 4.78 is 10.4. The van der Waals surface area contributed by atoms with Gasteiger partial charge in [0.2, 0.25) is 0 Å². The van der Waals surface area contributed by atoms with E-state index in [0.717, 1.165) is 24.5 Å². The lowest BCUT2D eigenvalue weighted by atomic mass is 10.1. The molecule has 0 fully saturated rings. The highest BCUT2D eigenvalue weighted by Crippen LogP contribution is 2.27. The summed E-state index contributed by atoms with van der Waals surface area (Å²) in [7, 11) is 5.24. The Hall–Kier alpha value is -1.22. The van der Waals surface area contributed by atoms with Crippen LogP contribution in [0.4, 0.5) is 0 Å². The first-order valence-electron chi connectivity index (χ1n) is 4.67. The van der Waals surface area contributed by atoms with Gasteiger partial charge in [0.1, 0.15) is 0 Å². The van der Waals surface area contributed by atoms with E-state index in [1.165, 1.54) is 5.56 Å². The molecule has 0 bridgehead atoms. The molecule has 1 N–H and O–H groups in total. The molecule has 15 heavy (non-hydrogen) atoms. The molecule has 3 heteroatoms. The van der Waals surface area contributed by atoms with Gasteiger partial charge in [0.25, 0.3) is 0 Å².